The van der Waals surface area contributed by atoms with E-state index in [9.17, 15) is 9.18 Å². The molecule has 2 aromatic rings. The van der Waals surface area contributed by atoms with Crippen molar-refractivity contribution in [2.45, 2.75) is 0 Å². The first kappa shape index (κ1) is 9.74. The lowest BCUT2D eigenvalue weighted by atomic mass is 10.2. The summed E-state index contributed by atoms with van der Waals surface area (Å²) in [6, 6.07) is 5.88. The van der Waals surface area contributed by atoms with E-state index < -0.39 is 0 Å². The van der Waals surface area contributed by atoms with Gasteiger partial charge < -0.3 is 4.98 Å². The van der Waals surface area contributed by atoms with Crippen LogP contribution in [0.2, 0.25) is 0 Å². The molecule has 0 amide bonds. The maximum atomic E-state index is 12.7. The van der Waals surface area contributed by atoms with Crippen molar-refractivity contribution in [2.24, 2.45) is 0 Å². The van der Waals surface area contributed by atoms with Crippen LogP contribution in [0.4, 0.5) is 4.39 Å². The van der Waals surface area contributed by atoms with Crippen molar-refractivity contribution in [1.82, 2.24) is 4.98 Å². The first-order valence-corrected chi connectivity index (χ1v) is 3.54. The minimum absolute atomic E-state index is 0. The first-order chi connectivity index (χ1) is 5.77. The fourth-order valence-corrected chi connectivity index (χ4v) is 1.16. The molecule has 1 aromatic carbocycles. The molecule has 0 saturated carbocycles. The molecule has 4 heteroatoms. The molecule has 0 spiro atoms. The van der Waals surface area contributed by atoms with Crippen molar-refractivity contribution in [3.8, 4) is 0 Å². The third-order valence-electron chi connectivity index (χ3n) is 1.74. The number of hydrogen-bond acceptors (Lipinski definition) is 1. The van der Waals surface area contributed by atoms with Gasteiger partial charge in [0.15, 0.2) is 0 Å². The molecule has 0 aliphatic carbocycles. The molecule has 1 heterocycles. The van der Waals surface area contributed by atoms with Gasteiger partial charge in [0, 0.05) is 11.6 Å². The Bertz CT molecular complexity index is 480. The SMILES string of the molecule is Cl.O=c1[nH]ccc2ccc(F)cc12. The van der Waals surface area contributed by atoms with Gasteiger partial charge in [0.2, 0.25) is 0 Å². The lowest BCUT2D eigenvalue weighted by molar-refractivity contribution is 0.629. The van der Waals surface area contributed by atoms with E-state index in [1.165, 1.54) is 12.1 Å². The van der Waals surface area contributed by atoms with Crippen molar-refractivity contribution in [2.75, 3.05) is 0 Å². The fraction of sp³-hybridized carbons (Fsp3) is 0. The molecule has 1 N–H and O–H groups in total. The monoisotopic (exact) mass is 199 g/mol. The average Bonchev–Trinajstić information content (AvgIpc) is 2.07. The summed E-state index contributed by atoms with van der Waals surface area (Å²) in [6.45, 7) is 0. The maximum absolute atomic E-state index is 12.7. The molecule has 2 rings (SSSR count). The minimum atomic E-state index is -0.390. The van der Waals surface area contributed by atoms with Gasteiger partial charge in [0.1, 0.15) is 5.82 Å². The van der Waals surface area contributed by atoms with Crippen molar-refractivity contribution in [3.63, 3.8) is 0 Å². The van der Waals surface area contributed by atoms with E-state index in [1.54, 1.807) is 18.3 Å². The zero-order chi connectivity index (χ0) is 8.55. The van der Waals surface area contributed by atoms with Gasteiger partial charge in [0.05, 0.1) is 0 Å². The van der Waals surface area contributed by atoms with Crippen LogP contribution in [0.3, 0.4) is 0 Å². The number of nitrogens with one attached hydrogen (secondary N) is 1. The van der Waals surface area contributed by atoms with E-state index in [4.69, 9.17) is 0 Å². The van der Waals surface area contributed by atoms with Crippen LogP contribution in [0, 0.1) is 5.82 Å². The van der Waals surface area contributed by atoms with Crippen LogP contribution >= 0.6 is 12.4 Å². The Kier molecular flexibility index (Phi) is 2.68. The number of benzene rings is 1. The van der Waals surface area contributed by atoms with E-state index in [1.807, 2.05) is 0 Å². The zero-order valence-corrected chi connectivity index (χ0v) is 7.40. The summed E-state index contributed by atoms with van der Waals surface area (Å²) < 4.78 is 12.7. The van der Waals surface area contributed by atoms with Crippen LogP contribution in [0.1, 0.15) is 0 Å². The Balaban J connectivity index is 0.000000845. The third kappa shape index (κ3) is 1.70. The van der Waals surface area contributed by atoms with E-state index >= 15 is 0 Å². The summed E-state index contributed by atoms with van der Waals surface area (Å²) in [5, 5.41) is 1.14. The van der Waals surface area contributed by atoms with E-state index in [-0.39, 0.29) is 23.8 Å². The van der Waals surface area contributed by atoms with Gasteiger partial charge in [-0.15, -0.1) is 12.4 Å². The van der Waals surface area contributed by atoms with Crippen LogP contribution in [0.5, 0.6) is 0 Å². The largest absolute Gasteiger partial charge is 0.329 e. The van der Waals surface area contributed by atoms with Gasteiger partial charge in [-0.1, -0.05) is 6.07 Å². The number of aromatic nitrogens is 1. The molecule has 68 valence electrons. The van der Waals surface area contributed by atoms with Crippen molar-refractivity contribution < 1.29 is 4.39 Å². The highest BCUT2D eigenvalue weighted by molar-refractivity contribution is 5.85. The van der Waals surface area contributed by atoms with Gasteiger partial charge in [-0.05, 0) is 23.6 Å². The molecule has 13 heavy (non-hydrogen) atoms. The summed E-state index contributed by atoms with van der Waals surface area (Å²) in [6.07, 6.45) is 1.54. The molecule has 0 unspecified atom stereocenters. The molecule has 0 aliphatic rings. The maximum Gasteiger partial charge on any atom is 0.255 e. The van der Waals surface area contributed by atoms with Crippen LogP contribution in [-0.4, -0.2) is 4.98 Å². The second kappa shape index (κ2) is 3.58. The van der Waals surface area contributed by atoms with Gasteiger partial charge >= 0.3 is 0 Å². The van der Waals surface area contributed by atoms with E-state index in [0.29, 0.717) is 5.39 Å². The Morgan fingerprint density at radius 2 is 2.00 bits per heavy atom. The molecule has 0 fully saturated rings. The van der Waals surface area contributed by atoms with Crippen molar-refractivity contribution >= 4 is 23.2 Å². The Labute approximate surface area is 79.8 Å². The van der Waals surface area contributed by atoms with Crippen LogP contribution < -0.4 is 5.56 Å². The second-order valence-corrected chi connectivity index (χ2v) is 2.54. The van der Waals surface area contributed by atoms with Crippen LogP contribution in [0.25, 0.3) is 10.8 Å². The van der Waals surface area contributed by atoms with Gasteiger partial charge in [-0.25, -0.2) is 4.39 Å². The van der Waals surface area contributed by atoms with Gasteiger partial charge in [-0.3, -0.25) is 4.79 Å². The van der Waals surface area contributed by atoms with Gasteiger partial charge in [0.25, 0.3) is 5.56 Å². The highest BCUT2D eigenvalue weighted by Gasteiger charge is 1.97. The second-order valence-electron chi connectivity index (χ2n) is 2.54. The Morgan fingerprint density at radius 3 is 2.77 bits per heavy atom. The highest BCUT2D eigenvalue weighted by Crippen LogP contribution is 2.09. The average molecular weight is 200 g/mol. The third-order valence-corrected chi connectivity index (χ3v) is 1.74. The summed E-state index contributed by atoms with van der Waals surface area (Å²) in [4.78, 5) is 13.6. The molecule has 0 aliphatic heterocycles. The summed E-state index contributed by atoms with van der Waals surface area (Å²) in [5.74, 6) is -0.390. The number of fused-ring (bicyclic) bond motifs is 1. The molecule has 1 aromatic heterocycles. The normalized spacial score (nSPS) is 9.62. The molecule has 0 radical (unpaired) electrons. The fourth-order valence-electron chi connectivity index (χ4n) is 1.16. The lowest BCUT2D eigenvalue weighted by Crippen LogP contribution is -2.04. The van der Waals surface area contributed by atoms with E-state index in [0.717, 1.165) is 5.39 Å². The number of H-pyrrole nitrogens is 1. The number of rotatable bonds is 0. The van der Waals surface area contributed by atoms with E-state index in [2.05, 4.69) is 4.98 Å². The molecule has 0 saturated heterocycles. The molecule has 0 atom stereocenters. The van der Waals surface area contributed by atoms with Crippen molar-refractivity contribution in [1.29, 1.82) is 0 Å². The lowest BCUT2D eigenvalue weighted by Gasteiger charge is -1.94. The quantitative estimate of drug-likeness (QED) is 0.693. The Morgan fingerprint density at radius 1 is 1.23 bits per heavy atom. The Hall–Kier alpha value is -1.35. The summed E-state index contributed by atoms with van der Waals surface area (Å²) in [7, 11) is 0. The number of aromatic amines is 1. The standard InChI is InChI=1S/C9H6FNO.ClH/c10-7-2-1-6-3-4-11-9(12)8(6)5-7;/h1-5H,(H,11,12);1H. The predicted octanol–water partition coefficient (Wildman–Crippen LogP) is 2.09. The molecular formula is C9H7ClFNO. The number of pyridine rings is 1. The van der Waals surface area contributed by atoms with Crippen LogP contribution in [-0.2, 0) is 0 Å². The zero-order valence-electron chi connectivity index (χ0n) is 6.58. The smallest absolute Gasteiger partial charge is 0.255 e. The highest BCUT2D eigenvalue weighted by atomic mass is 35.5. The summed E-state index contributed by atoms with van der Waals surface area (Å²) >= 11 is 0. The summed E-state index contributed by atoms with van der Waals surface area (Å²) in [5.41, 5.74) is -0.257. The van der Waals surface area contributed by atoms with Crippen molar-refractivity contribution in [3.05, 3.63) is 46.6 Å². The number of halogens is 2. The van der Waals surface area contributed by atoms with Gasteiger partial charge in [-0.2, -0.15) is 0 Å². The minimum Gasteiger partial charge on any atom is -0.329 e. The molecule has 0 bridgehead atoms. The molecule has 2 nitrogen and oxygen atoms in total. The number of hydrogen-bond donors (Lipinski definition) is 1. The molecular weight excluding hydrogens is 193 g/mol. The predicted molar refractivity (Wildman–Crippen MR) is 51.8 cm³/mol. The van der Waals surface area contributed by atoms with Crippen LogP contribution in [0.15, 0.2) is 35.3 Å². The first-order valence-electron chi connectivity index (χ1n) is 3.54. The topological polar surface area (TPSA) is 32.9 Å².